The molecule has 1 amide bonds. The fraction of sp³-hybridized carbons (Fsp3) is 0.360. The minimum absolute atomic E-state index is 0.196. The molecular formula is C25H26BrN3O4S. The lowest BCUT2D eigenvalue weighted by molar-refractivity contribution is 0.0376. The Labute approximate surface area is 210 Å². The number of furan rings is 1. The Hall–Kier alpha value is -2.46. The summed E-state index contributed by atoms with van der Waals surface area (Å²) in [5.41, 5.74) is 1.46. The maximum atomic E-state index is 13.7. The van der Waals surface area contributed by atoms with E-state index in [2.05, 4.69) is 20.8 Å². The van der Waals surface area contributed by atoms with Crippen LogP contribution in [-0.4, -0.2) is 61.8 Å². The molecule has 1 aliphatic heterocycles. The summed E-state index contributed by atoms with van der Waals surface area (Å²) in [7, 11) is 0. The van der Waals surface area contributed by atoms with Crippen molar-refractivity contribution in [2.24, 2.45) is 0 Å². The number of ether oxygens (including phenoxy) is 2. The van der Waals surface area contributed by atoms with E-state index < -0.39 is 0 Å². The molecule has 0 N–H and O–H groups in total. The van der Waals surface area contributed by atoms with Crippen molar-refractivity contribution in [1.29, 1.82) is 0 Å². The summed E-state index contributed by atoms with van der Waals surface area (Å²) in [5, 5.41) is 1.52. The van der Waals surface area contributed by atoms with Gasteiger partial charge in [0.05, 0.1) is 30.0 Å². The molecule has 0 unspecified atom stereocenters. The van der Waals surface area contributed by atoms with Crippen LogP contribution >= 0.6 is 27.3 Å². The monoisotopic (exact) mass is 543 g/mol. The maximum Gasteiger partial charge on any atom is 0.295 e. The fourth-order valence-corrected chi connectivity index (χ4v) is 5.65. The second kappa shape index (κ2) is 10.4. The van der Waals surface area contributed by atoms with Gasteiger partial charge < -0.3 is 13.9 Å². The Morgan fingerprint density at radius 1 is 1.24 bits per heavy atom. The SMILES string of the molecule is CCOc1cccc2cc(C(=O)N(CCCN3CCOCC3)c3nc4ccc(Br)cc4s3)oc12. The number of benzene rings is 2. The predicted molar refractivity (Wildman–Crippen MR) is 138 cm³/mol. The highest BCUT2D eigenvalue weighted by Gasteiger charge is 2.25. The average Bonchev–Trinajstić information content (AvgIpc) is 3.47. The molecule has 4 aromatic rings. The third-order valence-corrected chi connectivity index (χ3v) is 7.33. The van der Waals surface area contributed by atoms with Crippen LogP contribution in [0.15, 0.2) is 51.4 Å². The Morgan fingerprint density at radius 2 is 2.09 bits per heavy atom. The molecule has 34 heavy (non-hydrogen) atoms. The minimum atomic E-state index is -0.196. The molecule has 5 rings (SSSR count). The highest BCUT2D eigenvalue weighted by atomic mass is 79.9. The van der Waals surface area contributed by atoms with Gasteiger partial charge in [0, 0.05) is 36.0 Å². The van der Waals surface area contributed by atoms with E-state index in [0.717, 1.165) is 59.3 Å². The van der Waals surface area contributed by atoms with E-state index in [9.17, 15) is 4.79 Å². The number of anilines is 1. The van der Waals surface area contributed by atoms with E-state index in [1.165, 1.54) is 11.3 Å². The van der Waals surface area contributed by atoms with Crippen LogP contribution in [0, 0.1) is 0 Å². The molecule has 2 aromatic carbocycles. The molecule has 3 heterocycles. The predicted octanol–water partition coefficient (Wildman–Crippen LogP) is 5.57. The van der Waals surface area contributed by atoms with Crippen LogP contribution in [0.5, 0.6) is 5.75 Å². The molecule has 0 spiro atoms. The van der Waals surface area contributed by atoms with Crippen LogP contribution in [-0.2, 0) is 4.74 Å². The van der Waals surface area contributed by atoms with Crippen LogP contribution in [0.4, 0.5) is 5.13 Å². The van der Waals surface area contributed by atoms with Crippen molar-refractivity contribution in [2.45, 2.75) is 13.3 Å². The van der Waals surface area contributed by atoms with Crippen LogP contribution in [0.2, 0.25) is 0 Å². The topological polar surface area (TPSA) is 68.0 Å². The Bertz CT molecular complexity index is 1300. The van der Waals surface area contributed by atoms with Crippen molar-refractivity contribution in [2.75, 3.05) is 50.9 Å². The number of carbonyl (C=O) groups excluding carboxylic acids is 1. The van der Waals surface area contributed by atoms with Gasteiger partial charge in [0.2, 0.25) is 0 Å². The molecule has 2 aromatic heterocycles. The van der Waals surface area contributed by atoms with Crippen molar-refractivity contribution in [3.8, 4) is 5.75 Å². The number of amides is 1. The lowest BCUT2D eigenvalue weighted by Crippen LogP contribution is -2.39. The van der Waals surface area contributed by atoms with Crippen molar-refractivity contribution in [3.63, 3.8) is 0 Å². The van der Waals surface area contributed by atoms with Crippen molar-refractivity contribution in [1.82, 2.24) is 9.88 Å². The zero-order chi connectivity index (χ0) is 23.5. The van der Waals surface area contributed by atoms with Gasteiger partial charge in [-0.3, -0.25) is 14.6 Å². The number of aromatic nitrogens is 1. The summed E-state index contributed by atoms with van der Waals surface area (Å²) < 4.78 is 19.2. The van der Waals surface area contributed by atoms with Gasteiger partial charge in [-0.25, -0.2) is 4.98 Å². The molecule has 0 bridgehead atoms. The van der Waals surface area contributed by atoms with E-state index in [1.807, 2.05) is 43.3 Å². The number of carbonyl (C=O) groups is 1. The van der Waals surface area contributed by atoms with Gasteiger partial charge in [-0.2, -0.15) is 0 Å². The molecule has 178 valence electrons. The highest BCUT2D eigenvalue weighted by molar-refractivity contribution is 9.10. The first kappa shape index (κ1) is 23.3. The lowest BCUT2D eigenvalue weighted by Gasteiger charge is -2.27. The van der Waals surface area contributed by atoms with Crippen molar-refractivity contribution in [3.05, 3.63) is 52.7 Å². The zero-order valence-corrected chi connectivity index (χ0v) is 21.4. The minimum Gasteiger partial charge on any atom is -0.490 e. The highest BCUT2D eigenvalue weighted by Crippen LogP contribution is 2.34. The van der Waals surface area contributed by atoms with Gasteiger partial charge in [0.1, 0.15) is 0 Å². The maximum absolute atomic E-state index is 13.7. The largest absolute Gasteiger partial charge is 0.490 e. The van der Waals surface area contributed by atoms with Crippen molar-refractivity contribution < 1.29 is 18.7 Å². The number of morpholine rings is 1. The number of para-hydroxylation sites is 1. The third kappa shape index (κ3) is 4.98. The van der Waals surface area contributed by atoms with Crippen LogP contribution < -0.4 is 9.64 Å². The first-order chi connectivity index (χ1) is 16.6. The number of hydrogen-bond acceptors (Lipinski definition) is 7. The number of hydrogen-bond donors (Lipinski definition) is 0. The second-order valence-corrected chi connectivity index (χ2v) is 10.0. The number of fused-ring (bicyclic) bond motifs is 2. The lowest BCUT2D eigenvalue weighted by atomic mass is 10.2. The molecular weight excluding hydrogens is 518 g/mol. The number of rotatable bonds is 8. The third-order valence-electron chi connectivity index (χ3n) is 5.79. The van der Waals surface area contributed by atoms with Gasteiger partial charge >= 0.3 is 0 Å². The Kier molecular flexibility index (Phi) is 7.15. The first-order valence-corrected chi connectivity index (χ1v) is 13.1. The average molecular weight is 544 g/mol. The summed E-state index contributed by atoms with van der Waals surface area (Å²) in [6, 6.07) is 13.4. The quantitative estimate of drug-likeness (QED) is 0.289. The Balaban J connectivity index is 1.44. The Morgan fingerprint density at radius 3 is 2.91 bits per heavy atom. The van der Waals surface area contributed by atoms with Gasteiger partial charge in [-0.05, 0) is 43.7 Å². The smallest absolute Gasteiger partial charge is 0.295 e. The molecule has 1 saturated heterocycles. The molecule has 0 radical (unpaired) electrons. The standard InChI is InChI=1S/C25H26BrN3O4S/c1-2-32-20-6-3-5-17-15-21(33-23(17)20)24(30)29(10-4-9-28-11-13-31-14-12-28)25-27-19-8-7-18(26)16-22(19)34-25/h3,5-8,15-16H,2,4,9-14H2,1H3. The number of thiazole rings is 1. The van der Waals surface area contributed by atoms with E-state index >= 15 is 0 Å². The molecule has 0 aliphatic carbocycles. The van der Waals surface area contributed by atoms with Gasteiger partial charge in [-0.1, -0.05) is 39.4 Å². The molecule has 0 atom stereocenters. The van der Waals surface area contributed by atoms with E-state index in [0.29, 0.717) is 29.6 Å². The summed E-state index contributed by atoms with van der Waals surface area (Å²) >= 11 is 5.04. The van der Waals surface area contributed by atoms with Crippen LogP contribution in [0.25, 0.3) is 21.2 Å². The van der Waals surface area contributed by atoms with E-state index in [1.54, 1.807) is 11.0 Å². The van der Waals surface area contributed by atoms with Crippen molar-refractivity contribution >= 4 is 59.5 Å². The van der Waals surface area contributed by atoms with Gasteiger partial charge in [-0.15, -0.1) is 0 Å². The molecule has 1 fully saturated rings. The first-order valence-electron chi connectivity index (χ1n) is 11.5. The van der Waals surface area contributed by atoms with E-state index in [-0.39, 0.29) is 11.7 Å². The summed E-state index contributed by atoms with van der Waals surface area (Å²) in [4.78, 5) is 22.6. The number of nitrogens with zero attached hydrogens (tertiary/aromatic N) is 3. The summed E-state index contributed by atoms with van der Waals surface area (Å²) in [6.45, 7) is 7.27. The number of halogens is 1. The molecule has 1 aliphatic rings. The van der Waals surface area contributed by atoms with E-state index in [4.69, 9.17) is 18.9 Å². The summed E-state index contributed by atoms with van der Waals surface area (Å²) in [6.07, 6.45) is 0.829. The van der Waals surface area contributed by atoms with Crippen LogP contribution in [0.1, 0.15) is 23.9 Å². The fourth-order valence-electron chi connectivity index (χ4n) is 4.11. The van der Waals surface area contributed by atoms with Gasteiger partial charge in [0.25, 0.3) is 5.91 Å². The molecule has 0 saturated carbocycles. The second-order valence-electron chi connectivity index (χ2n) is 8.09. The van der Waals surface area contributed by atoms with Gasteiger partial charge in [0.15, 0.2) is 22.2 Å². The molecule has 9 heteroatoms. The normalized spacial score (nSPS) is 14.6. The summed E-state index contributed by atoms with van der Waals surface area (Å²) in [5.74, 6) is 0.732. The zero-order valence-electron chi connectivity index (χ0n) is 19.0. The molecule has 7 nitrogen and oxygen atoms in total. The van der Waals surface area contributed by atoms with Crippen LogP contribution in [0.3, 0.4) is 0 Å².